The lowest BCUT2D eigenvalue weighted by Crippen LogP contribution is -2.10. The lowest BCUT2D eigenvalue weighted by atomic mass is 10.3. The van der Waals surface area contributed by atoms with Gasteiger partial charge in [-0.3, -0.25) is 0 Å². The first-order valence-electron chi connectivity index (χ1n) is 5.70. The zero-order chi connectivity index (χ0) is 14.0. The van der Waals surface area contributed by atoms with Crippen LogP contribution in [-0.2, 0) is 9.84 Å². The van der Waals surface area contributed by atoms with Gasteiger partial charge < -0.3 is 5.32 Å². The molecule has 5 nitrogen and oxygen atoms in total. The lowest BCUT2D eigenvalue weighted by Gasteiger charge is -2.06. The molecule has 0 radical (unpaired) electrons. The van der Waals surface area contributed by atoms with Gasteiger partial charge in [-0.1, -0.05) is 0 Å². The molecule has 104 valence electrons. The van der Waals surface area contributed by atoms with Gasteiger partial charge in [-0.25, -0.2) is 18.4 Å². The summed E-state index contributed by atoms with van der Waals surface area (Å²) in [6.07, 6.45) is 1.76. The number of aryl methyl sites for hydroxylation is 1. The molecule has 0 spiro atoms. The SMILES string of the molecule is Cc1cc2c(NCCCS(C)(=O)=O)nc(Cl)nc2s1. The number of anilines is 1. The van der Waals surface area contributed by atoms with E-state index in [-0.39, 0.29) is 11.0 Å². The summed E-state index contributed by atoms with van der Waals surface area (Å²) in [6.45, 7) is 2.53. The fourth-order valence-corrected chi connectivity index (χ4v) is 3.46. The summed E-state index contributed by atoms with van der Waals surface area (Å²) in [7, 11) is -2.92. The van der Waals surface area contributed by atoms with E-state index in [4.69, 9.17) is 11.6 Å². The van der Waals surface area contributed by atoms with Gasteiger partial charge in [-0.15, -0.1) is 11.3 Å². The molecule has 0 saturated carbocycles. The molecule has 2 rings (SSSR count). The van der Waals surface area contributed by atoms with E-state index in [1.807, 2.05) is 13.0 Å². The number of fused-ring (bicyclic) bond motifs is 1. The lowest BCUT2D eigenvalue weighted by molar-refractivity contribution is 0.600. The topological polar surface area (TPSA) is 72.0 Å². The molecule has 19 heavy (non-hydrogen) atoms. The zero-order valence-corrected chi connectivity index (χ0v) is 13.0. The summed E-state index contributed by atoms with van der Waals surface area (Å²) in [4.78, 5) is 10.3. The van der Waals surface area contributed by atoms with Crippen LogP contribution >= 0.6 is 22.9 Å². The molecular weight excluding hydrogens is 306 g/mol. The maximum absolute atomic E-state index is 11.0. The van der Waals surface area contributed by atoms with Gasteiger partial charge in [0.1, 0.15) is 20.5 Å². The summed E-state index contributed by atoms with van der Waals surface area (Å²) in [5, 5.41) is 4.24. The van der Waals surface area contributed by atoms with Gasteiger partial charge in [-0.05, 0) is 31.0 Å². The van der Waals surface area contributed by atoms with E-state index in [9.17, 15) is 8.42 Å². The van der Waals surface area contributed by atoms with Crippen LogP contribution in [0.25, 0.3) is 10.2 Å². The zero-order valence-electron chi connectivity index (χ0n) is 10.6. The van der Waals surface area contributed by atoms with Crippen molar-refractivity contribution in [3.63, 3.8) is 0 Å². The third-order valence-electron chi connectivity index (χ3n) is 2.47. The summed E-state index contributed by atoms with van der Waals surface area (Å²) < 4.78 is 22.1. The van der Waals surface area contributed by atoms with Crippen LogP contribution in [-0.4, -0.2) is 36.9 Å². The van der Waals surface area contributed by atoms with Crippen LogP contribution < -0.4 is 5.32 Å². The minimum Gasteiger partial charge on any atom is -0.369 e. The van der Waals surface area contributed by atoms with Crippen molar-refractivity contribution in [2.24, 2.45) is 0 Å². The molecule has 0 fully saturated rings. The number of rotatable bonds is 5. The Hall–Kier alpha value is -0.920. The molecule has 2 aromatic heterocycles. The average Bonchev–Trinajstić information content (AvgIpc) is 2.63. The van der Waals surface area contributed by atoms with Crippen molar-refractivity contribution in [3.8, 4) is 0 Å². The monoisotopic (exact) mass is 319 g/mol. The summed E-state index contributed by atoms with van der Waals surface area (Å²) in [5.74, 6) is 0.817. The molecular formula is C11H14ClN3O2S2. The van der Waals surface area contributed by atoms with Crippen LogP contribution in [0.5, 0.6) is 0 Å². The minimum atomic E-state index is -2.92. The maximum atomic E-state index is 11.0. The summed E-state index contributed by atoms with van der Waals surface area (Å²) in [6, 6.07) is 2.00. The molecule has 0 saturated heterocycles. The molecule has 0 aliphatic rings. The van der Waals surface area contributed by atoms with Crippen molar-refractivity contribution in [2.45, 2.75) is 13.3 Å². The highest BCUT2D eigenvalue weighted by Crippen LogP contribution is 2.29. The number of thiophene rings is 1. The number of hydrogen-bond donors (Lipinski definition) is 1. The van der Waals surface area contributed by atoms with Crippen molar-refractivity contribution in [1.82, 2.24) is 9.97 Å². The predicted molar refractivity (Wildman–Crippen MR) is 80.0 cm³/mol. The van der Waals surface area contributed by atoms with Gasteiger partial charge in [0.25, 0.3) is 0 Å². The van der Waals surface area contributed by atoms with Crippen molar-refractivity contribution >= 4 is 48.8 Å². The molecule has 0 aromatic carbocycles. The van der Waals surface area contributed by atoms with Gasteiger partial charge in [0, 0.05) is 17.7 Å². The number of hydrogen-bond acceptors (Lipinski definition) is 6. The Kier molecular flexibility index (Phi) is 4.27. The van der Waals surface area contributed by atoms with E-state index < -0.39 is 9.84 Å². The largest absolute Gasteiger partial charge is 0.369 e. The predicted octanol–water partition coefficient (Wildman–Crippen LogP) is 2.50. The first-order chi connectivity index (χ1) is 8.85. The van der Waals surface area contributed by atoms with Crippen molar-refractivity contribution in [3.05, 3.63) is 16.2 Å². The molecule has 1 N–H and O–H groups in total. The van der Waals surface area contributed by atoms with Crippen LogP contribution in [0.3, 0.4) is 0 Å². The Morgan fingerprint density at radius 3 is 2.84 bits per heavy atom. The van der Waals surface area contributed by atoms with Crippen LogP contribution in [0, 0.1) is 6.92 Å². The standard InChI is InChI=1S/C11H14ClN3O2S2/c1-7-6-8-9(13-4-3-5-19(2,16)17)14-11(12)15-10(8)18-7/h6H,3-5H2,1-2H3,(H,13,14,15). The van der Waals surface area contributed by atoms with Crippen LogP contribution in [0.4, 0.5) is 5.82 Å². The molecule has 0 unspecified atom stereocenters. The molecule has 0 aliphatic heterocycles. The normalized spacial score (nSPS) is 11.9. The fourth-order valence-electron chi connectivity index (χ4n) is 1.69. The second-order valence-electron chi connectivity index (χ2n) is 4.33. The Balaban J connectivity index is 2.11. The number of halogens is 1. The Bertz CT molecular complexity index is 697. The molecule has 0 atom stereocenters. The van der Waals surface area contributed by atoms with Crippen molar-refractivity contribution < 1.29 is 8.42 Å². The molecule has 2 heterocycles. The van der Waals surface area contributed by atoms with Gasteiger partial charge in [-0.2, -0.15) is 0 Å². The first-order valence-corrected chi connectivity index (χ1v) is 8.96. The quantitative estimate of drug-likeness (QED) is 0.677. The van der Waals surface area contributed by atoms with Gasteiger partial charge >= 0.3 is 0 Å². The van der Waals surface area contributed by atoms with E-state index in [1.165, 1.54) is 6.26 Å². The highest BCUT2D eigenvalue weighted by Gasteiger charge is 2.09. The molecule has 2 aromatic rings. The highest BCUT2D eigenvalue weighted by molar-refractivity contribution is 7.90. The van der Waals surface area contributed by atoms with E-state index in [0.29, 0.717) is 18.8 Å². The number of nitrogens with zero attached hydrogens (tertiary/aromatic N) is 2. The molecule has 8 heteroatoms. The molecule has 0 bridgehead atoms. The van der Waals surface area contributed by atoms with E-state index in [0.717, 1.165) is 15.1 Å². The summed E-state index contributed by atoms with van der Waals surface area (Å²) in [5.41, 5.74) is 0. The van der Waals surface area contributed by atoms with E-state index >= 15 is 0 Å². The van der Waals surface area contributed by atoms with Gasteiger partial charge in [0.15, 0.2) is 0 Å². The third kappa shape index (κ3) is 4.02. The van der Waals surface area contributed by atoms with Crippen LogP contribution in [0.2, 0.25) is 5.28 Å². The van der Waals surface area contributed by atoms with E-state index in [1.54, 1.807) is 11.3 Å². The minimum absolute atomic E-state index is 0.157. The molecule has 0 amide bonds. The Morgan fingerprint density at radius 2 is 2.16 bits per heavy atom. The fraction of sp³-hybridized carbons (Fsp3) is 0.455. The number of sulfone groups is 1. The second kappa shape index (κ2) is 5.60. The van der Waals surface area contributed by atoms with Gasteiger partial charge in [0.2, 0.25) is 5.28 Å². The number of nitrogens with one attached hydrogen (secondary N) is 1. The van der Waals surface area contributed by atoms with Crippen LogP contribution in [0.1, 0.15) is 11.3 Å². The smallest absolute Gasteiger partial charge is 0.225 e. The third-order valence-corrected chi connectivity index (χ3v) is 4.62. The van der Waals surface area contributed by atoms with Crippen molar-refractivity contribution in [2.75, 3.05) is 23.9 Å². The summed E-state index contributed by atoms with van der Waals surface area (Å²) >= 11 is 7.42. The average molecular weight is 320 g/mol. The van der Waals surface area contributed by atoms with Gasteiger partial charge in [0.05, 0.1) is 11.1 Å². The Labute approximate surface area is 120 Å². The van der Waals surface area contributed by atoms with Crippen molar-refractivity contribution in [1.29, 1.82) is 0 Å². The second-order valence-corrected chi connectivity index (χ2v) is 8.16. The Morgan fingerprint density at radius 1 is 1.42 bits per heavy atom. The van der Waals surface area contributed by atoms with Crippen LogP contribution in [0.15, 0.2) is 6.07 Å². The maximum Gasteiger partial charge on any atom is 0.225 e. The first kappa shape index (κ1) is 14.5. The number of aromatic nitrogens is 2. The molecule has 0 aliphatic carbocycles. The van der Waals surface area contributed by atoms with E-state index in [2.05, 4.69) is 15.3 Å². The highest BCUT2D eigenvalue weighted by atomic mass is 35.5.